The van der Waals surface area contributed by atoms with Crippen LogP contribution in [0.15, 0.2) is 77.2 Å². The third kappa shape index (κ3) is 8.22. The number of carbonyl (C=O) groups is 4. The van der Waals surface area contributed by atoms with Crippen LogP contribution >= 0.6 is 23.2 Å². The first-order chi connectivity index (χ1) is 26.6. The normalized spacial score (nSPS) is 16.5. The fourth-order valence-corrected chi connectivity index (χ4v) is 7.00. The average Bonchev–Trinajstić information content (AvgIpc) is 3.99. The van der Waals surface area contributed by atoms with Gasteiger partial charge in [0.2, 0.25) is 35.4 Å². The van der Waals surface area contributed by atoms with Gasteiger partial charge in [0.25, 0.3) is 11.8 Å². The second-order valence-electron chi connectivity index (χ2n) is 12.8. The molecule has 2 aromatic carbocycles. The van der Waals surface area contributed by atoms with Crippen molar-refractivity contribution in [2.24, 2.45) is 0 Å². The van der Waals surface area contributed by atoms with E-state index in [4.69, 9.17) is 37.1 Å². The van der Waals surface area contributed by atoms with Crippen LogP contribution in [-0.4, -0.2) is 93.0 Å². The number of hydrogen-bond donors (Lipinski definition) is 2. The molecule has 55 heavy (non-hydrogen) atoms. The molecule has 2 aliphatic heterocycles. The van der Waals surface area contributed by atoms with Gasteiger partial charge < -0.3 is 34.3 Å². The summed E-state index contributed by atoms with van der Waals surface area (Å²) in [6, 6.07) is 18.4. The summed E-state index contributed by atoms with van der Waals surface area (Å²) in [6.45, 7) is 0.855. The van der Waals surface area contributed by atoms with Crippen molar-refractivity contribution in [2.45, 2.75) is 37.8 Å². The molecule has 2 atom stereocenters. The molecule has 0 saturated carbocycles. The molecule has 4 amide bonds. The minimum Gasteiger partial charge on any atom is -0.481 e. The van der Waals surface area contributed by atoms with E-state index in [9.17, 15) is 19.2 Å². The minimum absolute atomic E-state index is 0.120. The summed E-state index contributed by atoms with van der Waals surface area (Å²) in [7, 11) is 2.87. The number of methoxy groups -OCH3 is 2. The van der Waals surface area contributed by atoms with Crippen molar-refractivity contribution in [3.05, 3.63) is 94.2 Å². The number of carbonyl (C=O) groups excluding carboxylic acids is 4. The molecule has 7 rings (SSSR count). The topological polar surface area (TPSA) is 182 Å². The van der Waals surface area contributed by atoms with E-state index in [1.807, 2.05) is 0 Å². The third-order valence-electron chi connectivity index (χ3n) is 9.31. The average molecular weight is 786 g/mol. The second kappa shape index (κ2) is 16.1. The van der Waals surface area contributed by atoms with Crippen molar-refractivity contribution >= 4 is 58.2 Å². The fraction of sp³-hybridized carbons (Fsp3) is 0.263. The van der Waals surface area contributed by atoms with Gasteiger partial charge in [-0.3, -0.25) is 19.2 Å². The van der Waals surface area contributed by atoms with Crippen molar-refractivity contribution in [1.29, 1.82) is 0 Å². The van der Waals surface area contributed by atoms with Crippen LogP contribution in [-0.2, 0) is 9.59 Å². The molecular weight excluding hydrogens is 751 g/mol. The zero-order valence-corrected chi connectivity index (χ0v) is 31.1. The van der Waals surface area contributed by atoms with Crippen LogP contribution in [0, 0.1) is 0 Å². The number of aromatic nitrogens is 4. The van der Waals surface area contributed by atoms with E-state index in [1.165, 1.54) is 48.3 Å². The number of nitrogens with one attached hydrogen (secondary N) is 2. The SMILES string of the molecule is COc1cc(C(=O)N2CCC[C@H]2C(=O)Nc2ccc(-c3nnc(-c4ccc(NC(=O)[C@@H]5CCCN5C(=O)c5cc(Cl)nc(OC)c5)cc4)o3)cc2)cc(Cl)n1. The highest BCUT2D eigenvalue weighted by Gasteiger charge is 2.36. The van der Waals surface area contributed by atoms with Crippen LogP contribution in [0.25, 0.3) is 22.9 Å². The Hall–Kier alpha value is -6.06. The highest BCUT2D eigenvalue weighted by Crippen LogP contribution is 2.29. The molecule has 15 nitrogen and oxygen atoms in total. The number of pyridine rings is 2. The molecule has 0 bridgehead atoms. The van der Waals surface area contributed by atoms with E-state index < -0.39 is 12.1 Å². The number of benzene rings is 2. The molecular formula is C38H34Cl2N8O7. The smallest absolute Gasteiger partial charge is 0.254 e. The van der Waals surface area contributed by atoms with Gasteiger partial charge in [-0.15, -0.1) is 10.2 Å². The zero-order chi connectivity index (χ0) is 38.6. The van der Waals surface area contributed by atoms with Gasteiger partial charge in [-0.1, -0.05) is 23.2 Å². The maximum Gasteiger partial charge on any atom is 0.254 e. The molecule has 0 spiro atoms. The highest BCUT2D eigenvalue weighted by atomic mass is 35.5. The number of nitrogens with zero attached hydrogens (tertiary/aromatic N) is 6. The van der Waals surface area contributed by atoms with Crippen LogP contribution in [0.4, 0.5) is 11.4 Å². The largest absolute Gasteiger partial charge is 0.481 e. The fourth-order valence-electron chi connectivity index (χ4n) is 6.60. The standard InChI is InChI=1S/C38H34Cl2N8O7/c1-53-31-19-23(17-29(39)43-31)37(51)47-15-3-5-27(47)33(49)41-25-11-7-21(8-12-25)35-45-46-36(55-35)22-9-13-26(14-10-22)42-34(50)28-6-4-16-48(28)38(52)24-18-30(40)44-32(20-24)54-2/h7-14,17-20,27-28H,3-6,15-16H2,1-2H3,(H,41,49)(H,42,50)/t27-,28-/m0/s1. The zero-order valence-electron chi connectivity index (χ0n) is 29.6. The summed E-state index contributed by atoms with van der Waals surface area (Å²) in [5, 5.41) is 14.4. The monoisotopic (exact) mass is 784 g/mol. The number of ether oxygens (including phenoxy) is 2. The summed E-state index contributed by atoms with van der Waals surface area (Å²) < 4.78 is 16.2. The van der Waals surface area contributed by atoms with E-state index in [0.29, 0.717) is 72.4 Å². The molecule has 3 aromatic heterocycles. The van der Waals surface area contributed by atoms with E-state index in [1.54, 1.807) is 48.5 Å². The molecule has 5 heterocycles. The Morgan fingerprint density at radius 2 is 1.05 bits per heavy atom. The lowest BCUT2D eigenvalue weighted by Gasteiger charge is -2.24. The molecule has 0 unspecified atom stereocenters. The number of anilines is 2. The van der Waals surface area contributed by atoms with Gasteiger partial charge in [0.15, 0.2) is 0 Å². The Morgan fingerprint density at radius 3 is 1.44 bits per heavy atom. The Labute approximate surface area is 324 Å². The molecule has 282 valence electrons. The molecule has 5 aromatic rings. The minimum atomic E-state index is -0.660. The van der Waals surface area contributed by atoms with Crippen LogP contribution in [0.1, 0.15) is 46.4 Å². The van der Waals surface area contributed by atoms with E-state index in [0.717, 1.165) is 0 Å². The summed E-state index contributed by atoms with van der Waals surface area (Å²) in [5.41, 5.74) is 2.91. The number of likely N-dealkylation sites (tertiary alicyclic amines) is 2. The first kappa shape index (κ1) is 37.3. The van der Waals surface area contributed by atoms with Crippen LogP contribution in [0.2, 0.25) is 10.3 Å². The molecule has 0 aliphatic carbocycles. The third-order valence-corrected chi connectivity index (χ3v) is 9.70. The van der Waals surface area contributed by atoms with E-state index in [-0.39, 0.29) is 57.5 Å². The van der Waals surface area contributed by atoms with Crippen molar-refractivity contribution < 1.29 is 33.1 Å². The van der Waals surface area contributed by atoms with Crippen molar-refractivity contribution in [2.75, 3.05) is 37.9 Å². The van der Waals surface area contributed by atoms with E-state index in [2.05, 4.69) is 30.8 Å². The Morgan fingerprint density at radius 1 is 0.655 bits per heavy atom. The van der Waals surface area contributed by atoms with Gasteiger partial charge in [-0.2, -0.15) is 0 Å². The van der Waals surface area contributed by atoms with Gasteiger partial charge >= 0.3 is 0 Å². The first-order valence-corrected chi connectivity index (χ1v) is 18.1. The molecule has 2 saturated heterocycles. The lowest BCUT2D eigenvalue weighted by molar-refractivity contribution is -0.120. The predicted octanol–water partition coefficient (Wildman–Crippen LogP) is 6.00. The van der Waals surface area contributed by atoms with Crippen molar-refractivity contribution in [3.63, 3.8) is 0 Å². The number of amides is 4. The van der Waals surface area contributed by atoms with Crippen molar-refractivity contribution in [1.82, 2.24) is 30.0 Å². The summed E-state index contributed by atoms with van der Waals surface area (Å²) in [5.74, 6) is -0.327. The van der Waals surface area contributed by atoms with Crippen LogP contribution < -0.4 is 20.1 Å². The Kier molecular flexibility index (Phi) is 10.9. The Balaban J connectivity index is 0.952. The second-order valence-corrected chi connectivity index (χ2v) is 13.6. The molecule has 17 heteroatoms. The maximum atomic E-state index is 13.3. The first-order valence-electron chi connectivity index (χ1n) is 17.3. The van der Waals surface area contributed by atoms with Gasteiger partial charge in [0.1, 0.15) is 22.4 Å². The number of halogens is 2. The van der Waals surface area contributed by atoms with Crippen LogP contribution in [0.5, 0.6) is 11.8 Å². The quantitative estimate of drug-likeness (QED) is 0.158. The van der Waals surface area contributed by atoms with Gasteiger partial charge in [-0.05, 0) is 86.3 Å². The number of rotatable bonds is 10. The Bertz CT molecular complexity index is 2100. The molecule has 2 N–H and O–H groups in total. The summed E-state index contributed by atoms with van der Waals surface area (Å²) >= 11 is 12.1. The molecule has 2 aliphatic rings. The summed E-state index contributed by atoms with van der Waals surface area (Å²) in [4.78, 5) is 64.2. The molecule has 0 radical (unpaired) electrons. The van der Waals surface area contributed by atoms with Gasteiger partial charge in [0, 0.05) is 58.9 Å². The summed E-state index contributed by atoms with van der Waals surface area (Å²) in [6.07, 6.45) is 2.39. The maximum absolute atomic E-state index is 13.3. The van der Waals surface area contributed by atoms with Gasteiger partial charge in [0.05, 0.1) is 14.2 Å². The van der Waals surface area contributed by atoms with Crippen LogP contribution in [0.3, 0.4) is 0 Å². The number of hydrogen-bond acceptors (Lipinski definition) is 11. The van der Waals surface area contributed by atoms with Gasteiger partial charge in [-0.25, -0.2) is 9.97 Å². The van der Waals surface area contributed by atoms with Crippen molar-refractivity contribution in [3.8, 4) is 34.7 Å². The molecule has 2 fully saturated rings. The highest BCUT2D eigenvalue weighted by molar-refractivity contribution is 6.30. The van der Waals surface area contributed by atoms with E-state index >= 15 is 0 Å². The lowest BCUT2D eigenvalue weighted by Crippen LogP contribution is -2.43. The predicted molar refractivity (Wildman–Crippen MR) is 202 cm³/mol. The lowest BCUT2D eigenvalue weighted by atomic mass is 10.1.